The summed E-state index contributed by atoms with van der Waals surface area (Å²) in [4.78, 5) is 18.6. The lowest BCUT2D eigenvalue weighted by molar-refractivity contribution is 0.122. The monoisotopic (exact) mass is 401 g/mol. The van der Waals surface area contributed by atoms with Crippen molar-refractivity contribution < 1.29 is 9.26 Å². The van der Waals surface area contributed by atoms with Crippen molar-refractivity contribution in [1.29, 1.82) is 0 Å². The molecule has 4 rings (SSSR count). The predicted octanol–water partition coefficient (Wildman–Crippen LogP) is 1.89. The maximum Gasteiger partial charge on any atom is 0.243 e. The van der Waals surface area contributed by atoms with Gasteiger partial charge in [-0.25, -0.2) is 4.98 Å². The molecule has 0 amide bonds. The summed E-state index contributed by atoms with van der Waals surface area (Å²) in [7, 11) is 0. The Labute approximate surface area is 171 Å². The van der Waals surface area contributed by atoms with Gasteiger partial charge >= 0.3 is 0 Å². The number of aryl methyl sites for hydroxylation is 2. The third kappa shape index (κ3) is 4.84. The molecule has 0 bridgehead atoms. The van der Waals surface area contributed by atoms with Gasteiger partial charge in [0, 0.05) is 44.0 Å². The van der Waals surface area contributed by atoms with Crippen LogP contribution in [0, 0.1) is 6.92 Å². The molecule has 0 aromatic carbocycles. The molecule has 1 N–H and O–H groups in total. The molecule has 2 aliphatic heterocycles. The van der Waals surface area contributed by atoms with Crippen LogP contribution in [0.2, 0.25) is 0 Å². The number of nitrogens with zero attached hydrogens (tertiary/aromatic N) is 6. The molecule has 4 heterocycles. The zero-order valence-electron chi connectivity index (χ0n) is 17.6. The van der Waals surface area contributed by atoms with E-state index in [9.17, 15) is 0 Å². The Bertz CT molecular complexity index is 798. The molecule has 2 fully saturated rings. The van der Waals surface area contributed by atoms with Gasteiger partial charge in [-0.05, 0) is 33.1 Å². The quantitative estimate of drug-likeness (QED) is 0.779. The number of nitrogens with one attached hydrogen (secondary N) is 1. The molecule has 1 atom stereocenters. The van der Waals surface area contributed by atoms with Crippen molar-refractivity contribution in [3.63, 3.8) is 0 Å². The average Bonchev–Trinajstić information content (AvgIpc) is 3.21. The summed E-state index contributed by atoms with van der Waals surface area (Å²) in [6.45, 7) is 11.2. The summed E-state index contributed by atoms with van der Waals surface area (Å²) in [5, 5.41) is 7.51. The van der Waals surface area contributed by atoms with E-state index in [-0.39, 0.29) is 6.04 Å². The van der Waals surface area contributed by atoms with E-state index in [1.54, 1.807) is 0 Å². The second-order valence-corrected chi connectivity index (χ2v) is 7.80. The van der Waals surface area contributed by atoms with E-state index in [4.69, 9.17) is 19.2 Å². The molecule has 1 unspecified atom stereocenters. The van der Waals surface area contributed by atoms with Crippen molar-refractivity contribution in [2.75, 3.05) is 49.2 Å². The molecule has 0 aliphatic carbocycles. The van der Waals surface area contributed by atoms with Crippen molar-refractivity contribution in [1.82, 2.24) is 25.4 Å². The first-order valence-electron chi connectivity index (χ1n) is 10.6. The van der Waals surface area contributed by atoms with Crippen LogP contribution in [0.3, 0.4) is 0 Å². The fourth-order valence-electron chi connectivity index (χ4n) is 3.91. The lowest BCUT2D eigenvalue weighted by Crippen LogP contribution is -2.44. The highest BCUT2D eigenvalue weighted by atomic mass is 16.5. The van der Waals surface area contributed by atoms with Gasteiger partial charge in [0.15, 0.2) is 5.82 Å². The van der Waals surface area contributed by atoms with E-state index < -0.39 is 0 Å². The Kier molecular flexibility index (Phi) is 6.25. The van der Waals surface area contributed by atoms with Gasteiger partial charge in [0.25, 0.3) is 0 Å². The molecule has 2 aliphatic rings. The SMILES string of the molecule is CCc1cc(N2CCC(NC(C)c3nc(C)no3)CC2)nc(N2CCOCC2)n1. The maximum absolute atomic E-state index is 5.47. The molecule has 0 saturated carbocycles. The molecule has 0 spiro atoms. The number of ether oxygens (including phenoxy) is 1. The zero-order valence-corrected chi connectivity index (χ0v) is 17.6. The Morgan fingerprint density at radius 1 is 1.10 bits per heavy atom. The molecule has 9 heteroatoms. The highest BCUT2D eigenvalue weighted by Crippen LogP contribution is 2.23. The van der Waals surface area contributed by atoms with Crippen LogP contribution in [0.1, 0.15) is 50.1 Å². The minimum atomic E-state index is 0.0615. The van der Waals surface area contributed by atoms with Crippen molar-refractivity contribution in [2.45, 2.75) is 52.1 Å². The fraction of sp³-hybridized carbons (Fsp3) is 0.700. The minimum absolute atomic E-state index is 0.0615. The molecular formula is C20H31N7O2. The first-order chi connectivity index (χ1) is 14.1. The van der Waals surface area contributed by atoms with Crippen LogP contribution in [0.4, 0.5) is 11.8 Å². The number of anilines is 2. The van der Waals surface area contributed by atoms with Crippen LogP contribution >= 0.6 is 0 Å². The second kappa shape index (κ2) is 9.04. The van der Waals surface area contributed by atoms with Gasteiger partial charge < -0.3 is 24.4 Å². The van der Waals surface area contributed by atoms with Gasteiger partial charge in [0.05, 0.1) is 19.3 Å². The molecule has 29 heavy (non-hydrogen) atoms. The number of rotatable bonds is 6. The van der Waals surface area contributed by atoms with Crippen LogP contribution in [-0.2, 0) is 11.2 Å². The van der Waals surface area contributed by atoms with Gasteiger partial charge in [-0.1, -0.05) is 12.1 Å². The van der Waals surface area contributed by atoms with Crippen LogP contribution in [0.15, 0.2) is 10.6 Å². The third-order valence-electron chi connectivity index (χ3n) is 5.63. The van der Waals surface area contributed by atoms with Gasteiger partial charge in [-0.15, -0.1) is 0 Å². The van der Waals surface area contributed by atoms with E-state index in [0.717, 1.165) is 76.1 Å². The van der Waals surface area contributed by atoms with Gasteiger partial charge in [0.1, 0.15) is 5.82 Å². The van der Waals surface area contributed by atoms with Crippen LogP contribution < -0.4 is 15.1 Å². The lowest BCUT2D eigenvalue weighted by atomic mass is 10.0. The Hall–Kier alpha value is -2.26. The minimum Gasteiger partial charge on any atom is -0.378 e. The largest absolute Gasteiger partial charge is 0.378 e. The van der Waals surface area contributed by atoms with E-state index in [0.29, 0.717) is 17.8 Å². The van der Waals surface area contributed by atoms with Crippen LogP contribution in [0.25, 0.3) is 0 Å². The number of morpholine rings is 1. The first-order valence-corrected chi connectivity index (χ1v) is 10.6. The van der Waals surface area contributed by atoms with Crippen molar-refractivity contribution in [3.8, 4) is 0 Å². The normalized spacial score (nSPS) is 19.6. The molecular weight excluding hydrogens is 370 g/mol. The number of piperidine rings is 1. The van der Waals surface area contributed by atoms with Gasteiger partial charge in [-0.2, -0.15) is 9.97 Å². The van der Waals surface area contributed by atoms with E-state index in [1.807, 2.05) is 6.92 Å². The van der Waals surface area contributed by atoms with Crippen LogP contribution in [0.5, 0.6) is 0 Å². The molecule has 2 saturated heterocycles. The summed E-state index contributed by atoms with van der Waals surface area (Å²) < 4.78 is 10.8. The zero-order chi connectivity index (χ0) is 20.2. The summed E-state index contributed by atoms with van der Waals surface area (Å²) in [6.07, 6.45) is 3.01. The summed E-state index contributed by atoms with van der Waals surface area (Å²) in [5.74, 6) is 3.21. The Morgan fingerprint density at radius 2 is 1.86 bits per heavy atom. The van der Waals surface area contributed by atoms with Crippen LogP contribution in [-0.4, -0.2) is 65.5 Å². The summed E-state index contributed by atoms with van der Waals surface area (Å²) in [5.41, 5.74) is 1.09. The van der Waals surface area contributed by atoms with Crippen molar-refractivity contribution >= 4 is 11.8 Å². The van der Waals surface area contributed by atoms with E-state index >= 15 is 0 Å². The molecule has 2 aromatic rings. The summed E-state index contributed by atoms with van der Waals surface area (Å²) >= 11 is 0. The number of hydrogen-bond acceptors (Lipinski definition) is 9. The second-order valence-electron chi connectivity index (χ2n) is 7.80. The smallest absolute Gasteiger partial charge is 0.243 e. The lowest BCUT2D eigenvalue weighted by Gasteiger charge is -2.35. The maximum atomic E-state index is 5.47. The molecule has 2 aromatic heterocycles. The highest BCUT2D eigenvalue weighted by molar-refractivity contribution is 5.46. The standard InChI is InChI=1S/C20H31N7O2/c1-4-16-13-18(24-20(23-16)27-9-11-28-12-10-27)26-7-5-17(6-8-26)21-14(2)19-22-15(3)25-29-19/h13-14,17,21H,4-12H2,1-3H3. The van der Waals surface area contributed by atoms with Gasteiger partial charge in [-0.3, -0.25) is 0 Å². The van der Waals surface area contributed by atoms with Crippen molar-refractivity contribution in [2.24, 2.45) is 0 Å². The molecule has 158 valence electrons. The van der Waals surface area contributed by atoms with Gasteiger partial charge in [0.2, 0.25) is 11.8 Å². The third-order valence-corrected chi connectivity index (χ3v) is 5.63. The van der Waals surface area contributed by atoms with Crippen molar-refractivity contribution in [3.05, 3.63) is 23.5 Å². The Balaban J connectivity index is 1.38. The van der Waals surface area contributed by atoms with E-state index in [1.165, 1.54) is 0 Å². The fourth-order valence-corrected chi connectivity index (χ4v) is 3.91. The predicted molar refractivity (Wildman–Crippen MR) is 110 cm³/mol. The van der Waals surface area contributed by atoms with E-state index in [2.05, 4.69) is 45.2 Å². The highest BCUT2D eigenvalue weighted by Gasteiger charge is 2.25. The topological polar surface area (TPSA) is 92.4 Å². The number of hydrogen-bond donors (Lipinski definition) is 1. The Morgan fingerprint density at radius 3 is 2.52 bits per heavy atom. The average molecular weight is 402 g/mol. The first kappa shape index (κ1) is 20.0. The summed E-state index contributed by atoms with van der Waals surface area (Å²) in [6, 6.07) is 2.63. The number of aromatic nitrogens is 4. The molecule has 9 nitrogen and oxygen atoms in total. The molecule has 0 radical (unpaired) electrons.